The summed E-state index contributed by atoms with van der Waals surface area (Å²) in [6, 6.07) is 20.3. The van der Waals surface area contributed by atoms with Gasteiger partial charge < -0.3 is 5.11 Å². The molecular formula is C24H20FNO3S. The third-order valence-electron chi connectivity index (χ3n) is 5.31. The number of amides is 2. The van der Waals surface area contributed by atoms with Crippen LogP contribution in [-0.4, -0.2) is 40.7 Å². The lowest BCUT2D eigenvalue weighted by atomic mass is 9.86. The molecule has 2 unspecified atom stereocenters. The molecule has 30 heavy (non-hydrogen) atoms. The molecule has 1 N–H and O–H groups in total. The molecule has 152 valence electrons. The van der Waals surface area contributed by atoms with E-state index in [1.807, 2.05) is 30.5 Å². The smallest absolute Gasteiger partial charge is 0.261 e. The number of benzene rings is 3. The first-order valence-corrected chi connectivity index (χ1v) is 10.7. The number of aliphatic hydroxyl groups excluding tert-OH is 1. The van der Waals surface area contributed by atoms with Crippen molar-refractivity contribution in [2.75, 3.05) is 12.8 Å². The van der Waals surface area contributed by atoms with Crippen LogP contribution in [0.3, 0.4) is 0 Å². The van der Waals surface area contributed by atoms with Gasteiger partial charge in [0.2, 0.25) is 0 Å². The van der Waals surface area contributed by atoms with E-state index in [2.05, 4.69) is 0 Å². The van der Waals surface area contributed by atoms with Crippen molar-refractivity contribution in [1.82, 2.24) is 4.90 Å². The van der Waals surface area contributed by atoms with Crippen LogP contribution in [0, 0.1) is 5.82 Å². The minimum absolute atomic E-state index is 0.155. The van der Waals surface area contributed by atoms with Crippen molar-refractivity contribution in [2.24, 2.45) is 0 Å². The molecule has 4 nitrogen and oxygen atoms in total. The monoisotopic (exact) mass is 421 g/mol. The van der Waals surface area contributed by atoms with Crippen LogP contribution < -0.4 is 0 Å². The summed E-state index contributed by atoms with van der Waals surface area (Å²) in [6.45, 7) is -0.155. The molecule has 1 heterocycles. The summed E-state index contributed by atoms with van der Waals surface area (Å²) < 4.78 is 13.5. The number of carbonyl (C=O) groups excluding carboxylic acids is 2. The molecular weight excluding hydrogens is 401 g/mol. The van der Waals surface area contributed by atoms with Gasteiger partial charge in [-0.2, -0.15) is 0 Å². The third-order valence-corrected chi connectivity index (χ3v) is 6.04. The highest BCUT2D eigenvalue weighted by atomic mass is 32.2. The van der Waals surface area contributed by atoms with Gasteiger partial charge in [-0.3, -0.25) is 14.5 Å². The first-order chi connectivity index (χ1) is 14.5. The van der Waals surface area contributed by atoms with E-state index in [0.29, 0.717) is 16.7 Å². The minimum atomic E-state index is -1.06. The summed E-state index contributed by atoms with van der Waals surface area (Å²) in [7, 11) is 0. The lowest BCUT2D eigenvalue weighted by Crippen LogP contribution is -2.39. The Hall–Kier alpha value is -2.96. The SMILES string of the molecule is CSc1cccc(C(c2ccc(F)cc2)C(O)CN2C(=O)c3ccccc3C2=O)c1. The summed E-state index contributed by atoms with van der Waals surface area (Å²) >= 11 is 1.57. The molecule has 0 saturated heterocycles. The number of aliphatic hydroxyl groups is 1. The first-order valence-electron chi connectivity index (χ1n) is 9.52. The van der Waals surface area contributed by atoms with Crippen LogP contribution in [0.1, 0.15) is 37.8 Å². The van der Waals surface area contributed by atoms with Crippen LogP contribution in [0.25, 0.3) is 0 Å². The standard InChI is InChI=1S/C24H20FNO3S/c1-30-18-6-4-5-16(13-18)22(15-9-11-17(25)12-10-15)21(27)14-26-23(28)19-7-2-3-8-20(19)24(26)29/h2-13,21-22,27H,14H2,1H3. The van der Waals surface area contributed by atoms with Crippen LogP contribution in [0.5, 0.6) is 0 Å². The maximum Gasteiger partial charge on any atom is 0.261 e. The molecule has 0 bridgehead atoms. The highest BCUT2D eigenvalue weighted by Gasteiger charge is 2.38. The van der Waals surface area contributed by atoms with Crippen molar-refractivity contribution >= 4 is 23.6 Å². The molecule has 2 atom stereocenters. The average molecular weight is 421 g/mol. The second-order valence-corrected chi connectivity index (χ2v) is 8.02. The van der Waals surface area contributed by atoms with Crippen molar-refractivity contribution in [3.8, 4) is 0 Å². The maximum atomic E-state index is 13.5. The lowest BCUT2D eigenvalue weighted by molar-refractivity contribution is 0.0522. The number of fused-ring (bicyclic) bond motifs is 1. The molecule has 4 rings (SSSR count). The van der Waals surface area contributed by atoms with Gasteiger partial charge in [0.15, 0.2) is 0 Å². The van der Waals surface area contributed by atoms with Crippen molar-refractivity contribution < 1.29 is 19.1 Å². The zero-order chi connectivity index (χ0) is 21.3. The number of rotatable bonds is 6. The van der Waals surface area contributed by atoms with Gasteiger partial charge in [0.25, 0.3) is 11.8 Å². The first kappa shape index (κ1) is 20.3. The highest BCUT2D eigenvalue weighted by molar-refractivity contribution is 7.98. The molecule has 0 spiro atoms. The highest BCUT2D eigenvalue weighted by Crippen LogP contribution is 2.32. The van der Waals surface area contributed by atoms with Gasteiger partial charge in [-0.1, -0.05) is 36.4 Å². The molecule has 1 aliphatic heterocycles. The topological polar surface area (TPSA) is 57.6 Å². The van der Waals surface area contributed by atoms with Gasteiger partial charge in [0, 0.05) is 10.8 Å². The molecule has 0 radical (unpaired) electrons. The van der Waals surface area contributed by atoms with E-state index in [1.165, 1.54) is 12.1 Å². The van der Waals surface area contributed by atoms with Crippen molar-refractivity contribution in [3.63, 3.8) is 0 Å². The van der Waals surface area contributed by atoms with Crippen LogP contribution in [-0.2, 0) is 0 Å². The van der Waals surface area contributed by atoms with Gasteiger partial charge in [-0.05, 0) is 53.8 Å². The molecule has 3 aromatic carbocycles. The Labute approximate surface area is 178 Å². The normalized spacial score (nSPS) is 15.2. The van der Waals surface area contributed by atoms with E-state index in [4.69, 9.17) is 0 Å². The van der Waals surface area contributed by atoms with Crippen LogP contribution in [0.2, 0.25) is 0 Å². The fourth-order valence-corrected chi connectivity index (χ4v) is 4.31. The molecule has 0 aromatic heterocycles. The lowest BCUT2D eigenvalue weighted by Gasteiger charge is -2.27. The number of nitrogens with zero attached hydrogens (tertiary/aromatic N) is 1. The van der Waals surface area contributed by atoms with Crippen molar-refractivity contribution in [1.29, 1.82) is 0 Å². The second-order valence-electron chi connectivity index (χ2n) is 7.14. The summed E-state index contributed by atoms with van der Waals surface area (Å²) in [5.74, 6) is -1.72. The summed E-state index contributed by atoms with van der Waals surface area (Å²) in [5, 5.41) is 11.2. The number of hydrogen-bond donors (Lipinski definition) is 1. The number of hydrogen-bond acceptors (Lipinski definition) is 4. The van der Waals surface area contributed by atoms with Crippen LogP contribution >= 0.6 is 11.8 Å². The minimum Gasteiger partial charge on any atom is -0.390 e. The average Bonchev–Trinajstić information content (AvgIpc) is 3.00. The molecule has 0 aliphatic carbocycles. The predicted molar refractivity (Wildman–Crippen MR) is 114 cm³/mol. The molecule has 1 aliphatic rings. The Morgan fingerprint density at radius 1 is 0.900 bits per heavy atom. The fourth-order valence-electron chi connectivity index (χ4n) is 3.84. The molecule has 0 fully saturated rings. The van der Waals surface area contributed by atoms with Gasteiger partial charge in [-0.25, -0.2) is 4.39 Å². The zero-order valence-corrected chi connectivity index (χ0v) is 17.1. The Balaban J connectivity index is 1.68. The van der Waals surface area contributed by atoms with Gasteiger partial charge >= 0.3 is 0 Å². The van der Waals surface area contributed by atoms with Gasteiger partial charge in [-0.15, -0.1) is 11.8 Å². The number of β-amino-alcohol motifs (C(OH)–C–C–N with tert-alkyl or cyclic N) is 1. The molecule has 2 amide bonds. The largest absolute Gasteiger partial charge is 0.390 e. The number of halogens is 1. The Kier molecular flexibility index (Phi) is 5.70. The summed E-state index contributed by atoms with van der Waals surface area (Å²) in [6.07, 6.45) is 0.899. The van der Waals surface area contributed by atoms with Crippen molar-refractivity contribution in [3.05, 3.63) is 101 Å². The van der Waals surface area contributed by atoms with E-state index in [1.54, 1.807) is 48.2 Å². The zero-order valence-electron chi connectivity index (χ0n) is 16.3. The van der Waals surface area contributed by atoms with Gasteiger partial charge in [0.05, 0.1) is 23.8 Å². The number of carbonyl (C=O) groups is 2. The number of imide groups is 1. The van der Waals surface area contributed by atoms with E-state index in [-0.39, 0.29) is 12.4 Å². The fraction of sp³-hybridized carbons (Fsp3) is 0.167. The van der Waals surface area contributed by atoms with Crippen LogP contribution in [0.4, 0.5) is 4.39 Å². The van der Waals surface area contributed by atoms with E-state index in [0.717, 1.165) is 15.4 Å². The van der Waals surface area contributed by atoms with E-state index >= 15 is 0 Å². The summed E-state index contributed by atoms with van der Waals surface area (Å²) in [5.41, 5.74) is 2.23. The van der Waals surface area contributed by atoms with Crippen LogP contribution in [0.15, 0.2) is 77.7 Å². The Bertz CT molecular complexity index is 1060. The van der Waals surface area contributed by atoms with E-state index < -0.39 is 23.8 Å². The molecule has 0 saturated carbocycles. The molecule has 6 heteroatoms. The Morgan fingerprint density at radius 2 is 1.53 bits per heavy atom. The second kappa shape index (κ2) is 8.42. The quantitative estimate of drug-likeness (QED) is 0.475. The van der Waals surface area contributed by atoms with E-state index in [9.17, 15) is 19.1 Å². The summed E-state index contributed by atoms with van der Waals surface area (Å²) in [4.78, 5) is 27.6. The Morgan fingerprint density at radius 3 is 2.13 bits per heavy atom. The van der Waals surface area contributed by atoms with Crippen molar-refractivity contribution in [2.45, 2.75) is 16.9 Å². The molecule has 3 aromatic rings. The van der Waals surface area contributed by atoms with Gasteiger partial charge in [0.1, 0.15) is 5.82 Å². The maximum absolute atomic E-state index is 13.5. The third kappa shape index (κ3) is 3.76. The predicted octanol–water partition coefficient (Wildman–Crippen LogP) is 4.34. The number of thioether (sulfide) groups is 1.